The molecule has 2 aromatic heterocycles. The molecule has 0 aliphatic carbocycles. The molecule has 0 fully saturated rings. The fourth-order valence-electron chi connectivity index (χ4n) is 1.88. The number of hydrogen-bond donors (Lipinski definition) is 1. The van der Waals surface area contributed by atoms with Crippen molar-refractivity contribution in [3.05, 3.63) is 47.2 Å². The second kappa shape index (κ2) is 5.65. The van der Waals surface area contributed by atoms with Gasteiger partial charge in [-0.15, -0.1) is 11.3 Å². The van der Waals surface area contributed by atoms with Crippen LogP contribution in [-0.2, 0) is 6.54 Å². The molecule has 20 heavy (non-hydrogen) atoms. The molecule has 0 amide bonds. The lowest BCUT2D eigenvalue weighted by Crippen LogP contribution is -2.45. The third-order valence-corrected chi connectivity index (χ3v) is 4.46. The van der Waals surface area contributed by atoms with E-state index in [0.717, 1.165) is 8.66 Å². The van der Waals surface area contributed by atoms with Crippen LogP contribution < -0.4 is 16.0 Å². The minimum Gasteiger partial charge on any atom is -0.493 e. The minimum atomic E-state index is -0.349. The molecule has 2 rings (SSSR count). The van der Waals surface area contributed by atoms with Gasteiger partial charge in [0.15, 0.2) is 0 Å². The molecule has 0 aliphatic rings. The zero-order valence-corrected chi connectivity index (χ0v) is 13.1. The van der Waals surface area contributed by atoms with Gasteiger partial charge in [-0.1, -0.05) is 6.58 Å². The summed E-state index contributed by atoms with van der Waals surface area (Å²) in [6.45, 7) is 5.78. The fraction of sp³-hybridized carbons (Fsp3) is 0.143. The van der Waals surface area contributed by atoms with E-state index in [0.29, 0.717) is 5.22 Å². The predicted octanol–water partition coefficient (Wildman–Crippen LogP) is 1.51. The van der Waals surface area contributed by atoms with Crippen LogP contribution in [0.5, 0.6) is 5.88 Å². The molecule has 0 spiro atoms. The highest BCUT2D eigenvalue weighted by Crippen LogP contribution is 2.22. The predicted molar refractivity (Wildman–Crippen MR) is 83.1 cm³/mol. The van der Waals surface area contributed by atoms with Crippen molar-refractivity contribution in [1.82, 2.24) is 4.57 Å². The van der Waals surface area contributed by atoms with E-state index in [2.05, 4.69) is 22.5 Å². The molecule has 0 saturated carbocycles. The van der Waals surface area contributed by atoms with Crippen molar-refractivity contribution in [2.45, 2.75) is 13.5 Å². The van der Waals surface area contributed by atoms with E-state index in [9.17, 15) is 9.90 Å². The maximum absolute atomic E-state index is 12.3. The number of aromatic hydroxyl groups is 1. The second-order valence-corrected chi connectivity index (χ2v) is 6.53. The second-order valence-electron chi connectivity index (χ2n) is 4.04. The van der Waals surface area contributed by atoms with Gasteiger partial charge in [-0.2, -0.15) is 5.26 Å². The molecule has 0 unspecified atom stereocenters. The average Bonchev–Trinajstić information content (AvgIpc) is 2.81. The molecule has 102 valence electrons. The number of rotatable bonds is 2. The fourth-order valence-corrected chi connectivity index (χ4v) is 3.25. The van der Waals surface area contributed by atoms with Gasteiger partial charge in [-0.05, 0) is 41.1 Å². The van der Waals surface area contributed by atoms with Crippen LogP contribution in [-0.4, -0.2) is 9.67 Å². The Labute approximate surface area is 127 Å². The Hall–Kier alpha value is -1.84. The minimum absolute atomic E-state index is 0.0355. The summed E-state index contributed by atoms with van der Waals surface area (Å²) < 4.78 is 2.12. The summed E-state index contributed by atoms with van der Waals surface area (Å²) in [7, 11) is 0. The zero-order valence-electron chi connectivity index (χ0n) is 10.7. The van der Waals surface area contributed by atoms with Crippen LogP contribution in [0.1, 0.15) is 17.4 Å². The van der Waals surface area contributed by atoms with Crippen molar-refractivity contribution in [2.75, 3.05) is 0 Å². The Morgan fingerprint density at radius 3 is 2.80 bits per heavy atom. The zero-order chi connectivity index (χ0) is 14.9. The quantitative estimate of drug-likeness (QED) is 0.892. The smallest absolute Gasteiger partial charge is 0.261 e. The number of aromatic nitrogens is 1. The van der Waals surface area contributed by atoms with Crippen LogP contribution in [0, 0.1) is 11.3 Å². The number of nitrogens with zero attached hydrogens (tertiary/aromatic N) is 2. The number of nitriles is 1. The first kappa shape index (κ1) is 14.6. The number of halogens is 1. The van der Waals surface area contributed by atoms with Crippen molar-refractivity contribution in [1.29, 1.82) is 5.26 Å². The molecule has 2 aromatic rings. The normalized spacial score (nSPS) is 11.6. The van der Waals surface area contributed by atoms with Crippen molar-refractivity contribution in [3.63, 3.8) is 0 Å². The number of pyridine rings is 1. The summed E-state index contributed by atoms with van der Waals surface area (Å²) in [6.07, 6.45) is 1.69. The van der Waals surface area contributed by atoms with Crippen LogP contribution in [0.25, 0.3) is 12.7 Å². The van der Waals surface area contributed by atoms with Crippen LogP contribution >= 0.6 is 27.3 Å². The SMILES string of the molecule is C=c1c(C#N)c(O)n(CC)c(=O)/c1=C\c1ccc(Br)s1. The van der Waals surface area contributed by atoms with E-state index in [1.54, 1.807) is 13.0 Å². The van der Waals surface area contributed by atoms with Gasteiger partial charge in [0, 0.05) is 21.9 Å². The Morgan fingerprint density at radius 2 is 2.30 bits per heavy atom. The van der Waals surface area contributed by atoms with E-state index in [4.69, 9.17) is 5.26 Å². The molecule has 0 radical (unpaired) electrons. The molecule has 0 saturated heterocycles. The molecule has 1 N–H and O–H groups in total. The van der Waals surface area contributed by atoms with Gasteiger partial charge in [0.2, 0.25) is 5.88 Å². The molecule has 4 nitrogen and oxygen atoms in total. The van der Waals surface area contributed by atoms with Crippen LogP contribution in [0.4, 0.5) is 0 Å². The van der Waals surface area contributed by atoms with Crippen LogP contribution in [0.3, 0.4) is 0 Å². The van der Waals surface area contributed by atoms with E-state index in [-0.39, 0.29) is 28.8 Å². The van der Waals surface area contributed by atoms with E-state index >= 15 is 0 Å². The van der Waals surface area contributed by atoms with Crippen LogP contribution in [0.2, 0.25) is 0 Å². The summed E-state index contributed by atoms with van der Waals surface area (Å²) in [4.78, 5) is 13.2. The lowest BCUT2D eigenvalue weighted by molar-refractivity contribution is 0.408. The van der Waals surface area contributed by atoms with Crippen molar-refractivity contribution >= 4 is 39.9 Å². The molecule has 2 heterocycles. The molecule has 6 heteroatoms. The summed E-state index contributed by atoms with van der Waals surface area (Å²) in [6, 6.07) is 5.64. The molecule has 0 aromatic carbocycles. The van der Waals surface area contributed by atoms with Gasteiger partial charge >= 0.3 is 0 Å². The molecular weight excluding hydrogens is 340 g/mol. The van der Waals surface area contributed by atoms with E-state index in [1.807, 2.05) is 18.2 Å². The van der Waals surface area contributed by atoms with Crippen LogP contribution in [0.15, 0.2) is 20.7 Å². The first-order valence-electron chi connectivity index (χ1n) is 5.81. The highest BCUT2D eigenvalue weighted by Gasteiger charge is 2.11. The van der Waals surface area contributed by atoms with Gasteiger partial charge in [0.25, 0.3) is 5.56 Å². The maximum Gasteiger partial charge on any atom is 0.261 e. The molecular formula is C14H11BrN2O2S. The average molecular weight is 351 g/mol. The number of hydrogen-bond acceptors (Lipinski definition) is 4. The first-order valence-corrected chi connectivity index (χ1v) is 7.42. The molecule has 0 aliphatic heterocycles. The monoisotopic (exact) mass is 350 g/mol. The number of thiophene rings is 1. The lowest BCUT2D eigenvalue weighted by atomic mass is 10.2. The lowest BCUT2D eigenvalue weighted by Gasteiger charge is -2.07. The van der Waals surface area contributed by atoms with Crippen molar-refractivity contribution < 1.29 is 5.11 Å². The third-order valence-electron chi connectivity index (χ3n) is 2.89. The standard InChI is InChI=1S/C14H11BrN2O2S/c1-3-17-13(18)10(6-9-4-5-12(15)20-9)8(2)11(7-16)14(17)19/h4-6,19H,2-3H2,1H3/b10-6-. The Balaban J connectivity index is 2.91. The highest BCUT2D eigenvalue weighted by molar-refractivity contribution is 9.11. The summed E-state index contributed by atoms with van der Waals surface area (Å²) in [5.74, 6) is -0.325. The van der Waals surface area contributed by atoms with Gasteiger partial charge in [0.05, 0.1) is 3.79 Å². The van der Waals surface area contributed by atoms with E-state index < -0.39 is 0 Å². The molecule has 0 atom stereocenters. The summed E-state index contributed by atoms with van der Waals surface area (Å²) in [5.41, 5.74) is -0.313. The summed E-state index contributed by atoms with van der Waals surface area (Å²) >= 11 is 4.83. The molecule has 0 bridgehead atoms. The Kier molecular flexibility index (Phi) is 4.12. The van der Waals surface area contributed by atoms with Crippen molar-refractivity contribution in [2.24, 2.45) is 0 Å². The van der Waals surface area contributed by atoms with E-state index in [1.165, 1.54) is 15.9 Å². The highest BCUT2D eigenvalue weighted by atomic mass is 79.9. The van der Waals surface area contributed by atoms with Gasteiger partial charge < -0.3 is 5.11 Å². The van der Waals surface area contributed by atoms with Gasteiger partial charge in [-0.25, -0.2) is 0 Å². The maximum atomic E-state index is 12.3. The van der Waals surface area contributed by atoms with Gasteiger partial charge in [0.1, 0.15) is 11.6 Å². The van der Waals surface area contributed by atoms with Crippen molar-refractivity contribution in [3.8, 4) is 11.9 Å². The topological polar surface area (TPSA) is 66.0 Å². The summed E-state index contributed by atoms with van der Waals surface area (Å²) in [5, 5.41) is 19.6. The Morgan fingerprint density at radius 1 is 1.60 bits per heavy atom. The van der Waals surface area contributed by atoms with Gasteiger partial charge in [-0.3, -0.25) is 9.36 Å². The third kappa shape index (κ3) is 2.42. The first-order chi connectivity index (χ1) is 9.49. The Bertz CT molecular complexity index is 874. The largest absolute Gasteiger partial charge is 0.493 e.